The smallest absolute Gasteiger partial charge is 0.350 e. The van der Waals surface area contributed by atoms with Crippen LogP contribution in [0.25, 0.3) is 12.0 Å². The largest absolute Gasteiger partial charge is 0.488 e. The van der Waals surface area contributed by atoms with E-state index in [-0.39, 0.29) is 23.8 Å². The fraction of sp³-hybridized carbons (Fsp3) is 0.241. The van der Waals surface area contributed by atoms with Crippen molar-refractivity contribution in [2.75, 3.05) is 13.2 Å². The summed E-state index contributed by atoms with van der Waals surface area (Å²) in [4.78, 5) is 33.1. The van der Waals surface area contributed by atoms with Crippen LogP contribution in [0.1, 0.15) is 47.3 Å². The Morgan fingerprint density at radius 1 is 1.29 bits per heavy atom. The molecule has 212 valence electrons. The second kappa shape index (κ2) is 13.3. The summed E-state index contributed by atoms with van der Waals surface area (Å²) in [6.45, 7) is 6.25. The number of ether oxygens (including phenoxy) is 2. The molecular weight excluding hydrogens is 526 g/mol. The maximum Gasteiger partial charge on any atom is 0.350 e. The maximum absolute atomic E-state index is 12.8. The molecule has 2 aromatic carbocycles. The Labute approximate surface area is 236 Å². The van der Waals surface area contributed by atoms with E-state index in [4.69, 9.17) is 30.5 Å². The van der Waals surface area contributed by atoms with Crippen LogP contribution >= 0.6 is 0 Å². The van der Waals surface area contributed by atoms with Crippen LogP contribution in [-0.4, -0.2) is 61.0 Å². The Bertz CT molecular complexity index is 1550. The standard InChI is InChI=1S/C27H27N7O3.C2H4O2/c1-2-17-12-20(15-22(13-17)37-21-8-11-36-16-21)23(14-18-4-6-19(7-5-18)24(28)29)25-32-27(35)34(33-25)26-30-9-3-10-31-26;1-2(3)4/h2-7,9-10,12-13,15,21,23H,1,8,11,14,16H2,(H3,28,29)(H,32,33,35);1H3,(H,3,4)/t21-,23?;/m0./s1. The van der Waals surface area contributed by atoms with Crippen molar-refractivity contribution in [3.63, 3.8) is 0 Å². The van der Waals surface area contributed by atoms with Gasteiger partial charge in [-0.15, -0.1) is 9.78 Å². The highest BCUT2D eigenvalue weighted by Crippen LogP contribution is 2.31. The van der Waals surface area contributed by atoms with Gasteiger partial charge in [0.25, 0.3) is 11.9 Å². The normalized spacial score (nSPS) is 14.9. The molecule has 1 unspecified atom stereocenters. The van der Waals surface area contributed by atoms with Crippen LogP contribution < -0.4 is 16.2 Å². The first-order chi connectivity index (χ1) is 19.7. The van der Waals surface area contributed by atoms with Crippen LogP contribution in [0.5, 0.6) is 5.75 Å². The Morgan fingerprint density at radius 2 is 2.00 bits per heavy atom. The zero-order chi connectivity index (χ0) is 29.4. The summed E-state index contributed by atoms with van der Waals surface area (Å²) in [6, 6.07) is 15.0. The number of benzene rings is 2. The molecule has 1 saturated heterocycles. The van der Waals surface area contributed by atoms with E-state index in [1.54, 1.807) is 24.5 Å². The number of rotatable bonds is 9. The molecule has 12 nitrogen and oxygen atoms in total. The first kappa shape index (κ1) is 28.9. The highest BCUT2D eigenvalue weighted by Gasteiger charge is 2.24. The van der Waals surface area contributed by atoms with E-state index in [1.165, 1.54) is 0 Å². The number of aromatic nitrogens is 5. The number of hydrogen-bond acceptors (Lipinski definition) is 8. The van der Waals surface area contributed by atoms with Gasteiger partial charge in [-0.05, 0) is 41.3 Å². The van der Waals surface area contributed by atoms with Crippen molar-refractivity contribution in [3.05, 3.63) is 106 Å². The molecule has 1 aliphatic rings. The van der Waals surface area contributed by atoms with Crippen molar-refractivity contribution in [1.29, 1.82) is 5.41 Å². The number of amidine groups is 1. The van der Waals surface area contributed by atoms with Crippen molar-refractivity contribution >= 4 is 17.9 Å². The van der Waals surface area contributed by atoms with Crippen LogP contribution in [0.15, 0.2) is 72.3 Å². The average molecular weight is 558 g/mol. The van der Waals surface area contributed by atoms with Crippen LogP contribution in [0.3, 0.4) is 0 Å². The predicted molar refractivity (Wildman–Crippen MR) is 152 cm³/mol. The van der Waals surface area contributed by atoms with Gasteiger partial charge in [0.1, 0.15) is 23.5 Å². The van der Waals surface area contributed by atoms with Gasteiger partial charge in [0.15, 0.2) is 0 Å². The second-order valence-electron chi connectivity index (χ2n) is 9.31. The Kier molecular flexibility index (Phi) is 9.38. The Morgan fingerprint density at radius 3 is 2.61 bits per heavy atom. The molecule has 0 aliphatic carbocycles. The van der Waals surface area contributed by atoms with E-state index < -0.39 is 11.7 Å². The molecule has 5 N–H and O–H groups in total. The molecule has 0 radical (unpaired) electrons. The van der Waals surface area contributed by atoms with E-state index in [0.29, 0.717) is 36.8 Å². The maximum atomic E-state index is 12.8. The number of aliphatic carboxylic acids is 1. The van der Waals surface area contributed by atoms with Crippen LogP contribution in [0, 0.1) is 5.41 Å². The SMILES string of the molecule is C=Cc1cc(O[C@H]2CCOC2)cc(C(Cc2ccc(C(=N)N)cc2)c2nn(-c3ncccn3)c(=O)[nH]2)c1.CC(=O)O. The third-order valence-electron chi connectivity index (χ3n) is 6.19. The minimum atomic E-state index is -0.833. The molecule has 0 amide bonds. The van der Waals surface area contributed by atoms with Crippen molar-refractivity contribution in [3.8, 4) is 11.7 Å². The molecule has 12 heteroatoms. The Balaban J connectivity index is 0.000000909. The van der Waals surface area contributed by atoms with Crippen molar-refractivity contribution < 1.29 is 19.4 Å². The Hall–Kier alpha value is -5.10. The van der Waals surface area contributed by atoms with Crippen molar-refractivity contribution in [1.82, 2.24) is 24.7 Å². The highest BCUT2D eigenvalue weighted by molar-refractivity contribution is 5.94. The summed E-state index contributed by atoms with van der Waals surface area (Å²) < 4.78 is 12.8. The number of nitrogen functional groups attached to an aromatic ring is 1. The number of H-pyrrole nitrogens is 1. The molecule has 1 fully saturated rings. The lowest BCUT2D eigenvalue weighted by Gasteiger charge is -2.19. The third kappa shape index (κ3) is 7.73. The lowest BCUT2D eigenvalue weighted by Crippen LogP contribution is -2.18. The van der Waals surface area contributed by atoms with Crippen LogP contribution in [0.4, 0.5) is 0 Å². The average Bonchev–Trinajstić information content (AvgIpc) is 3.61. The molecule has 2 atom stereocenters. The molecule has 41 heavy (non-hydrogen) atoms. The quantitative estimate of drug-likeness (QED) is 0.178. The van der Waals surface area contributed by atoms with E-state index in [2.05, 4.69) is 26.6 Å². The monoisotopic (exact) mass is 557 g/mol. The molecule has 0 bridgehead atoms. The van der Waals surface area contributed by atoms with Gasteiger partial charge < -0.3 is 20.3 Å². The van der Waals surface area contributed by atoms with Crippen molar-refractivity contribution in [2.45, 2.75) is 31.8 Å². The lowest BCUT2D eigenvalue weighted by molar-refractivity contribution is -0.134. The van der Waals surface area contributed by atoms with Gasteiger partial charge in [-0.3, -0.25) is 15.2 Å². The number of nitrogens with zero attached hydrogens (tertiary/aromatic N) is 4. The number of carbonyl (C=O) groups is 1. The van der Waals surface area contributed by atoms with E-state index in [0.717, 1.165) is 34.7 Å². The minimum Gasteiger partial charge on any atom is -0.488 e. The number of nitrogens with one attached hydrogen (secondary N) is 2. The zero-order valence-corrected chi connectivity index (χ0v) is 22.5. The van der Waals surface area contributed by atoms with Gasteiger partial charge in [-0.1, -0.05) is 43.0 Å². The molecule has 0 saturated carbocycles. The van der Waals surface area contributed by atoms with Gasteiger partial charge in [-0.2, -0.15) is 0 Å². The summed E-state index contributed by atoms with van der Waals surface area (Å²) in [5.41, 5.74) is 8.60. The van der Waals surface area contributed by atoms with Gasteiger partial charge in [0.05, 0.1) is 13.2 Å². The zero-order valence-electron chi connectivity index (χ0n) is 22.5. The fourth-order valence-electron chi connectivity index (χ4n) is 4.29. The van der Waals surface area contributed by atoms with Crippen LogP contribution in [0.2, 0.25) is 0 Å². The van der Waals surface area contributed by atoms with Gasteiger partial charge >= 0.3 is 5.69 Å². The van der Waals surface area contributed by atoms with Crippen LogP contribution in [-0.2, 0) is 16.0 Å². The summed E-state index contributed by atoms with van der Waals surface area (Å²) >= 11 is 0. The van der Waals surface area contributed by atoms with E-state index in [9.17, 15) is 4.79 Å². The first-order valence-electron chi connectivity index (χ1n) is 12.8. The molecule has 2 aromatic heterocycles. The van der Waals surface area contributed by atoms with Gasteiger partial charge in [-0.25, -0.2) is 14.8 Å². The van der Waals surface area contributed by atoms with Gasteiger partial charge in [0, 0.05) is 37.2 Å². The van der Waals surface area contributed by atoms with Crippen molar-refractivity contribution in [2.24, 2.45) is 5.73 Å². The number of hydrogen-bond donors (Lipinski definition) is 4. The second-order valence-corrected chi connectivity index (χ2v) is 9.31. The van der Waals surface area contributed by atoms with E-state index in [1.807, 2.05) is 42.5 Å². The predicted octanol–water partition coefficient (Wildman–Crippen LogP) is 2.91. The summed E-state index contributed by atoms with van der Waals surface area (Å²) in [5, 5.41) is 19.7. The number of carboxylic acid groups (broad SMARTS) is 1. The molecular formula is C29H31N7O5. The topological polar surface area (TPSA) is 182 Å². The minimum absolute atomic E-state index is 0.00500. The fourth-order valence-corrected chi connectivity index (χ4v) is 4.29. The molecule has 1 aliphatic heterocycles. The summed E-state index contributed by atoms with van der Waals surface area (Å²) in [7, 11) is 0. The molecule has 0 spiro atoms. The molecule has 5 rings (SSSR count). The molecule has 4 aromatic rings. The lowest BCUT2D eigenvalue weighted by atomic mass is 9.89. The number of aromatic amines is 1. The highest BCUT2D eigenvalue weighted by atomic mass is 16.5. The summed E-state index contributed by atoms with van der Waals surface area (Å²) in [5.74, 6) is 0.190. The molecule has 3 heterocycles. The van der Waals surface area contributed by atoms with Gasteiger partial charge in [0.2, 0.25) is 0 Å². The number of carboxylic acids is 1. The number of nitrogens with two attached hydrogens (primary N) is 1. The summed E-state index contributed by atoms with van der Waals surface area (Å²) in [6.07, 6.45) is 6.21. The third-order valence-corrected chi connectivity index (χ3v) is 6.19. The first-order valence-corrected chi connectivity index (χ1v) is 12.8. The van der Waals surface area contributed by atoms with E-state index >= 15 is 0 Å².